The van der Waals surface area contributed by atoms with E-state index in [1.165, 1.54) is 0 Å². The number of benzene rings is 2. The molecule has 0 unspecified atom stereocenters. The number of aryl methyl sites for hydroxylation is 1. The van der Waals surface area contributed by atoms with Gasteiger partial charge in [-0.25, -0.2) is 0 Å². The van der Waals surface area contributed by atoms with Crippen LogP contribution in [0, 0.1) is 0 Å². The number of rotatable bonds is 4. The second-order valence-electron chi connectivity index (χ2n) is 6.32. The van der Waals surface area contributed by atoms with Crippen molar-refractivity contribution in [2.75, 3.05) is 24.1 Å². The molecule has 0 saturated carbocycles. The van der Waals surface area contributed by atoms with E-state index in [9.17, 15) is 9.59 Å². The molecule has 26 heavy (non-hydrogen) atoms. The third-order valence-electron chi connectivity index (χ3n) is 4.61. The SMILES string of the molecule is COCN1C(=O)CCc2cc(NC(=O)c3ccc4cc[nH]c4c3)ccc21. The van der Waals surface area contributed by atoms with Crippen LogP contribution in [0.25, 0.3) is 10.9 Å². The first kappa shape index (κ1) is 16.4. The molecule has 0 bridgehead atoms. The first-order valence-corrected chi connectivity index (χ1v) is 8.46. The number of ether oxygens (including phenoxy) is 1. The van der Waals surface area contributed by atoms with Crippen molar-refractivity contribution < 1.29 is 14.3 Å². The Hall–Kier alpha value is -3.12. The summed E-state index contributed by atoms with van der Waals surface area (Å²) < 4.78 is 5.12. The van der Waals surface area contributed by atoms with Crippen LogP contribution >= 0.6 is 0 Å². The molecule has 2 heterocycles. The number of hydrogen-bond acceptors (Lipinski definition) is 3. The number of fused-ring (bicyclic) bond motifs is 2. The fourth-order valence-electron chi connectivity index (χ4n) is 3.30. The Balaban J connectivity index is 1.57. The number of aromatic nitrogens is 1. The molecule has 2 amide bonds. The Morgan fingerprint density at radius 1 is 1.19 bits per heavy atom. The van der Waals surface area contributed by atoms with E-state index in [1.807, 2.05) is 48.7 Å². The van der Waals surface area contributed by atoms with Crippen molar-refractivity contribution in [1.29, 1.82) is 0 Å². The summed E-state index contributed by atoms with van der Waals surface area (Å²) in [6.07, 6.45) is 2.95. The van der Waals surface area contributed by atoms with E-state index in [-0.39, 0.29) is 18.5 Å². The summed E-state index contributed by atoms with van der Waals surface area (Å²) in [6.45, 7) is 0.230. The quantitative estimate of drug-likeness (QED) is 0.759. The zero-order valence-corrected chi connectivity index (χ0v) is 14.4. The number of aromatic amines is 1. The number of amides is 2. The van der Waals surface area contributed by atoms with Crippen LogP contribution in [0.1, 0.15) is 22.3 Å². The lowest BCUT2D eigenvalue weighted by atomic mass is 10.0. The van der Waals surface area contributed by atoms with Crippen molar-refractivity contribution in [3.05, 3.63) is 59.8 Å². The predicted octanol–water partition coefficient (Wildman–Crippen LogP) is 3.30. The van der Waals surface area contributed by atoms with Gasteiger partial charge in [-0.2, -0.15) is 0 Å². The van der Waals surface area contributed by atoms with Gasteiger partial charge in [-0.1, -0.05) is 6.07 Å². The highest BCUT2D eigenvalue weighted by molar-refractivity contribution is 6.06. The van der Waals surface area contributed by atoms with Crippen molar-refractivity contribution in [1.82, 2.24) is 4.98 Å². The fourth-order valence-corrected chi connectivity index (χ4v) is 3.30. The maximum absolute atomic E-state index is 12.6. The number of nitrogens with one attached hydrogen (secondary N) is 2. The summed E-state index contributed by atoms with van der Waals surface area (Å²) in [5.41, 5.74) is 4.10. The molecular weight excluding hydrogens is 330 g/mol. The van der Waals surface area contributed by atoms with E-state index in [0.717, 1.165) is 22.2 Å². The summed E-state index contributed by atoms with van der Waals surface area (Å²) in [4.78, 5) is 29.3. The second-order valence-corrected chi connectivity index (χ2v) is 6.32. The molecule has 6 nitrogen and oxygen atoms in total. The Morgan fingerprint density at radius 2 is 2.08 bits per heavy atom. The van der Waals surface area contributed by atoms with Crippen LogP contribution in [-0.4, -0.2) is 30.6 Å². The van der Waals surface area contributed by atoms with Gasteiger partial charge in [0.05, 0.1) is 0 Å². The highest BCUT2D eigenvalue weighted by Gasteiger charge is 2.24. The lowest BCUT2D eigenvalue weighted by Crippen LogP contribution is -2.36. The molecular formula is C20H19N3O3. The topological polar surface area (TPSA) is 74.4 Å². The molecule has 0 atom stereocenters. The van der Waals surface area contributed by atoms with Gasteiger partial charge in [0.25, 0.3) is 5.91 Å². The predicted molar refractivity (Wildman–Crippen MR) is 100 cm³/mol. The Labute approximate surface area is 150 Å². The van der Waals surface area contributed by atoms with E-state index in [4.69, 9.17) is 4.74 Å². The van der Waals surface area contributed by atoms with Gasteiger partial charge in [0, 0.05) is 42.2 Å². The lowest BCUT2D eigenvalue weighted by Gasteiger charge is -2.29. The number of H-pyrrole nitrogens is 1. The van der Waals surface area contributed by atoms with Crippen LogP contribution in [0.5, 0.6) is 0 Å². The second kappa shape index (κ2) is 6.65. The minimum atomic E-state index is -0.165. The van der Waals surface area contributed by atoms with Gasteiger partial charge in [0.2, 0.25) is 5.91 Å². The summed E-state index contributed by atoms with van der Waals surface area (Å²) in [5, 5.41) is 4.00. The van der Waals surface area contributed by atoms with Gasteiger partial charge in [-0.05, 0) is 53.8 Å². The van der Waals surface area contributed by atoms with Gasteiger partial charge in [0.15, 0.2) is 0 Å². The fraction of sp³-hybridized carbons (Fsp3) is 0.200. The molecule has 1 aromatic heterocycles. The van der Waals surface area contributed by atoms with E-state index >= 15 is 0 Å². The number of anilines is 2. The summed E-state index contributed by atoms with van der Waals surface area (Å²) in [7, 11) is 1.57. The van der Waals surface area contributed by atoms with Crippen molar-refractivity contribution in [3.8, 4) is 0 Å². The van der Waals surface area contributed by atoms with Gasteiger partial charge in [-0.3, -0.25) is 14.5 Å². The highest BCUT2D eigenvalue weighted by Crippen LogP contribution is 2.30. The summed E-state index contributed by atoms with van der Waals surface area (Å²) in [5.74, 6) is -0.113. The zero-order valence-electron chi connectivity index (χ0n) is 14.4. The highest BCUT2D eigenvalue weighted by atomic mass is 16.5. The number of hydrogen-bond donors (Lipinski definition) is 2. The molecule has 1 aliphatic heterocycles. The van der Waals surface area contributed by atoms with Crippen LogP contribution in [0.4, 0.5) is 11.4 Å². The van der Waals surface area contributed by atoms with Crippen molar-refractivity contribution >= 4 is 34.1 Å². The minimum Gasteiger partial charge on any atom is -0.364 e. The van der Waals surface area contributed by atoms with Crippen LogP contribution < -0.4 is 10.2 Å². The standard InChI is InChI=1S/C20H19N3O3/c1-26-12-23-18-6-5-16(10-14(18)4-7-19(23)24)22-20(25)15-3-2-13-8-9-21-17(13)11-15/h2-3,5-6,8-11,21H,4,7,12H2,1H3,(H,22,25). The molecule has 4 rings (SSSR count). The monoisotopic (exact) mass is 349 g/mol. The molecule has 0 fully saturated rings. The van der Waals surface area contributed by atoms with Gasteiger partial charge in [-0.15, -0.1) is 0 Å². The van der Waals surface area contributed by atoms with E-state index in [0.29, 0.717) is 24.1 Å². The van der Waals surface area contributed by atoms with Crippen LogP contribution in [0.15, 0.2) is 48.7 Å². The average Bonchev–Trinajstić information content (AvgIpc) is 3.12. The molecule has 2 N–H and O–H groups in total. The average molecular weight is 349 g/mol. The lowest BCUT2D eigenvalue weighted by molar-refractivity contribution is -0.119. The molecule has 0 saturated heterocycles. The number of carbonyl (C=O) groups is 2. The van der Waals surface area contributed by atoms with Gasteiger partial charge >= 0.3 is 0 Å². The molecule has 3 aromatic rings. The van der Waals surface area contributed by atoms with Crippen LogP contribution in [0.3, 0.4) is 0 Å². The number of nitrogens with zero attached hydrogens (tertiary/aromatic N) is 1. The van der Waals surface area contributed by atoms with E-state index in [1.54, 1.807) is 12.0 Å². The van der Waals surface area contributed by atoms with E-state index < -0.39 is 0 Å². The first-order valence-electron chi connectivity index (χ1n) is 8.46. The van der Waals surface area contributed by atoms with Crippen molar-refractivity contribution in [2.45, 2.75) is 12.8 Å². The summed E-state index contributed by atoms with van der Waals surface area (Å²) >= 11 is 0. The molecule has 1 aliphatic rings. The smallest absolute Gasteiger partial charge is 0.255 e. The van der Waals surface area contributed by atoms with Gasteiger partial charge < -0.3 is 15.0 Å². The molecule has 6 heteroatoms. The Bertz CT molecular complexity index is 993. The Kier molecular flexibility index (Phi) is 4.18. The molecule has 0 aliphatic carbocycles. The molecule has 0 spiro atoms. The Morgan fingerprint density at radius 3 is 2.92 bits per heavy atom. The maximum atomic E-state index is 12.6. The third kappa shape index (κ3) is 2.95. The largest absolute Gasteiger partial charge is 0.364 e. The summed E-state index contributed by atoms with van der Waals surface area (Å²) in [6, 6.07) is 13.1. The van der Waals surface area contributed by atoms with Crippen molar-refractivity contribution in [2.24, 2.45) is 0 Å². The minimum absolute atomic E-state index is 0.0513. The molecule has 2 aromatic carbocycles. The number of methoxy groups -OCH3 is 1. The molecule has 0 radical (unpaired) electrons. The maximum Gasteiger partial charge on any atom is 0.255 e. The third-order valence-corrected chi connectivity index (χ3v) is 4.61. The van der Waals surface area contributed by atoms with Gasteiger partial charge in [0.1, 0.15) is 6.73 Å². The van der Waals surface area contributed by atoms with Crippen LogP contribution in [0.2, 0.25) is 0 Å². The van der Waals surface area contributed by atoms with Crippen molar-refractivity contribution in [3.63, 3.8) is 0 Å². The number of carbonyl (C=O) groups excluding carboxylic acids is 2. The zero-order chi connectivity index (χ0) is 18.1. The molecule has 132 valence electrons. The normalized spacial score (nSPS) is 13.7. The van der Waals surface area contributed by atoms with E-state index in [2.05, 4.69) is 10.3 Å². The first-order chi connectivity index (χ1) is 12.7. The van der Waals surface area contributed by atoms with Crippen LogP contribution in [-0.2, 0) is 16.0 Å².